The molecular formula is C15H34N2. The third-order valence-electron chi connectivity index (χ3n) is 4.00. The van der Waals surface area contributed by atoms with Gasteiger partial charge in [-0.1, -0.05) is 40.5 Å². The van der Waals surface area contributed by atoms with Crippen LogP contribution in [-0.2, 0) is 0 Å². The quantitative estimate of drug-likeness (QED) is 0.558. The Kier molecular flexibility index (Phi) is 9.85. The second kappa shape index (κ2) is 9.90. The zero-order valence-corrected chi connectivity index (χ0v) is 12.8. The molecule has 104 valence electrons. The van der Waals surface area contributed by atoms with Crippen molar-refractivity contribution in [1.82, 2.24) is 10.2 Å². The van der Waals surface area contributed by atoms with E-state index in [1.807, 2.05) is 0 Å². The number of unbranched alkanes of at least 4 members (excludes halogenated alkanes) is 2. The maximum absolute atomic E-state index is 3.54. The van der Waals surface area contributed by atoms with Gasteiger partial charge in [-0.15, -0.1) is 0 Å². The lowest BCUT2D eigenvalue weighted by Gasteiger charge is -2.36. The molecule has 0 aliphatic carbocycles. The van der Waals surface area contributed by atoms with Crippen molar-refractivity contribution in [3.63, 3.8) is 0 Å². The Morgan fingerprint density at radius 1 is 1.00 bits per heavy atom. The van der Waals surface area contributed by atoms with Gasteiger partial charge < -0.3 is 10.2 Å². The molecule has 0 unspecified atom stereocenters. The van der Waals surface area contributed by atoms with Gasteiger partial charge >= 0.3 is 0 Å². The second-order valence-electron chi connectivity index (χ2n) is 5.43. The van der Waals surface area contributed by atoms with Gasteiger partial charge in [-0.2, -0.15) is 0 Å². The van der Waals surface area contributed by atoms with Gasteiger partial charge in [0.15, 0.2) is 0 Å². The van der Waals surface area contributed by atoms with Gasteiger partial charge in [-0.05, 0) is 44.8 Å². The highest BCUT2D eigenvalue weighted by Crippen LogP contribution is 2.26. The molecule has 2 heteroatoms. The number of hydrogen-bond donors (Lipinski definition) is 1. The Morgan fingerprint density at radius 2 is 1.65 bits per heavy atom. The van der Waals surface area contributed by atoms with Gasteiger partial charge in [-0.25, -0.2) is 0 Å². The van der Waals surface area contributed by atoms with Crippen molar-refractivity contribution >= 4 is 0 Å². The van der Waals surface area contributed by atoms with Crippen molar-refractivity contribution in [2.24, 2.45) is 5.41 Å². The first kappa shape index (κ1) is 16.9. The summed E-state index contributed by atoms with van der Waals surface area (Å²) in [4.78, 5) is 2.53. The topological polar surface area (TPSA) is 15.3 Å². The average Bonchev–Trinajstić information content (AvgIpc) is 2.35. The smallest absolute Gasteiger partial charge is 0.00469 e. The van der Waals surface area contributed by atoms with Crippen LogP contribution in [0, 0.1) is 5.41 Å². The molecule has 0 spiro atoms. The molecule has 1 N–H and O–H groups in total. The maximum Gasteiger partial charge on any atom is 0.00469 e. The minimum Gasteiger partial charge on any atom is -0.316 e. The van der Waals surface area contributed by atoms with E-state index in [1.54, 1.807) is 0 Å². The summed E-state index contributed by atoms with van der Waals surface area (Å²) in [6, 6.07) is 0. The molecule has 17 heavy (non-hydrogen) atoms. The first-order valence-electron chi connectivity index (χ1n) is 7.53. The summed E-state index contributed by atoms with van der Waals surface area (Å²) >= 11 is 0. The molecule has 0 heterocycles. The Labute approximate surface area is 109 Å². The fraction of sp³-hybridized carbons (Fsp3) is 1.00. The summed E-state index contributed by atoms with van der Waals surface area (Å²) in [5.74, 6) is 0. The molecular weight excluding hydrogens is 208 g/mol. The largest absolute Gasteiger partial charge is 0.316 e. The van der Waals surface area contributed by atoms with Crippen LogP contribution in [0.3, 0.4) is 0 Å². The summed E-state index contributed by atoms with van der Waals surface area (Å²) < 4.78 is 0. The van der Waals surface area contributed by atoms with Crippen molar-refractivity contribution in [1.29, 1.82) is 0 Å². The lowest BCUT2D eigenvalue weighted by Crippen LogP contribution is -2.42. The number of hydrogen-bond acceptors (Lipinski definition) is 2. The van der Waals surface area contributed by atoms with E-state index in [9.17, 15) is 0 Å². The summed E-state index contributed by atoms with van der Waals surface area (Å²) in [6.45, 7) is 13.9. The predicted molar refractivity (Wildman–Crippen MR) is 78.6 cm³/mol. The second-order valence-corrected chi connectivity index (χ2v) is 5.43. The monoisotopic (exact) mass is 242 g/mol. The molecule has 0 bridgehead atoms. The number of nitrogens with one attached hydrogen (secondary N) is 1. The van der Waals surface area contributed by atoms with Crippen LogP contribution in [0.2, 0.25) is 0 Å². The molecule has 0 aliphatic rings. The van der Waals surface area contributed by atoms with Crippen LogP contribution < -0.4 is 5.32 Å². The lowest BCUT2D eigenvalue weighted by atomic mass is 9.81. The lowest BCUT2D eigenvalue weighted by molar-refractivity contribution is 0.154. The first-order valence-corrected chi connectivity index (χ1v) is 7.53. The normalized spacial score (nSPS) is 12.4. The van der Waals surface area contributed by atoms with E-state index >= 15 is 0 Å². The maximum atomic E-state index is 3.54. The molecule has 0 aromatic carbocycles. The Hall–Kier alpha value is -0.0800. The molecule has 0 saturated heterocycles. The Bertz CT molecular complexity index is 164. The van der Waals surface area contributed by atoms with Crippen molar-refractivity contribution in [3.05, 3.63) is 0 Å². The van der Waals surface area contributed by atoms with Gasteiger partial charge in [-0.3, -0.25) is 0 Å². The van der Waals surface area contributed by atoms with Crippen molar-refractivity contribution in [2.75, 3.05) is 33.2 Å². The minimum absolute atomic E-state index is 0.469. The summed E-state index contributed by atoms with van der Waals surface area (Å²) in [5.41, 5.74) is 0.469. The Morgan fingerprint density at radius 3 is 2.12 bits per heavy atom. The highest BCUT2D eigenvalue weighted by molar-refractivity contribution is 4.82. The van der Waals surface area contributed by atoms with Crippen LogP contribution in [0.25, 0.3) is 0 Å². The van der Waals surface area contributed by atoms with E-state index in [0.717, 1.165) is 13.1 Å². The third kappa shape index (κ3) is 7.05. The van der Waals surface area contributed by atoms with Crippen molar-refractivity contribution in [2.45, 2.75) is 59.8 Å². The van der Waals surface area contributed by atoms with Gasteiger partial charge in [0.1, 0.15) is 0 Å². The van der Waals surface area contributed by atoms with Crippen LogP contribution in [0.1, 0.15) is 59.8 Å². The van der Waals surface area contributed by atoms with E-state index in [4.69, 9.17) is 0 Å². The molecule has 0 fully saturated rings. The molecule has 0 aromatic heterocycles. The van der Waals surface area contributed by atoms with Crippen molar-refractivity contribution < 1.29 is 0 Å². The van der Waals surface area contributed by atoms with Gasteiger partial charge in [0.05, 0.1) is 0 Å². The molecule has 0 atom stereocenters. The summed E-state index contributed by atoms with van der Waals surface area (Å²) in [6.07, 6.45) is 6.57. The molecule has 2 nitrogen and oxygen atoms in total. The van der Waals surface area contributed by atoms with E-state index in [2.05, 4.69) is 45.0 Å². The van der Waals surface area contributed by atoms with E-state index in [0.29, 0.717) is 5.41 Å². The van der Waals surface area contributed by atoms with Crippen LogP contribution in [0.5, 0.6) is 0 Å². The molecule has 0 aromatic rings. The summed E-state index contributed by atoms with van der Waals surface area (Å²) in [5, 5.41) is 3.54. The fourth-order valence-corrected chi connectivity index (χ4v) is 2.45. The standard InChI is InChI=1S/C15H34N2/c1-6-10-11-12-17(5)14-15(7-2,8-3)13-16-9-4/h16H,6-14H2,1-5H3. The van der Waals surface area contributed by atoms with E-state index < -0.39 is 0 Å². The van der Waals surface area contributed by atoms with Crippen LogP contribution >= 0.6 is 0 Å². The highest BCUT2D eigenvalue weighted by Gasteiger charge is 2.26. The highest BCUT2D eigenvalue weighted by atomic mass is 15.1. The van der Waals surface area contributed by atoms with Crippen LogP contribution in [-0.4, -0.2) is 38.1 Å². The molecule has 0 aliphatic heterocycles. The van der Waals surface area contributed by atoms with Gasteiger partial charge in [0.2, 0.25) is 0 Å². The zero-order valence-electron chi connectivity index (χ0n) is 12.8. The third-order valence-corrected chi connectivity index (χ3v) is 4.00. The predicted octanol–water partition coefficient (Wildman–Crippen LogP) is 3.52. The Balaban J connectivity index is 4.12. The first-order chi connectivity index (χ1) is 8.14. The van der Waals surface area contributed by atoms with Crippen LogP contribution in [0.15, 0.2) is 0 Å². The van der Waals surface area contributed by atoms with Crippen molar-refractivity contribution in [3.8, 4) is 0 Å². The molecule has 0 saturated carbocycles. The van der Waals surface area contributed by atoms with Gasteiger partial charge in [0.25, 0.3) is 0 Å². The minimum atomic E-state index is 0.469. The SMILES string of the molecule is CCCCCN(C)CC(CC)(CC)CNCC. The number of nitrogens with zero attached hydrogens (tertiary/aromatic N) is 1. The molecule has 0 amide bonds. The van der Waals surface area contributed by atoms with E-state index in [-0.39, 0.29) is 0 Å². The molecule has 0 radical (unpaired) electrons. The van der Waals surface area contributed by atoms with E-state index in [1.165, 1.54) is 45.2 Å². The van der Waals surface area contributed by atoms with Gasteiger partial charge in [0, 0.05) is 13.1 Å². The zero-order chi connectivity index (χ0) is 13.1. The molecule has 0 rings (SSSR count). The summed E-state index contributed by atoms with van der Waals surface area (Å²) in [7, 11) is 2.28. The fourth-order valence-electron chi connectivity index (χ4n) is 2.45. The average molecular weight is 242 g/mol. The number of rotatable bonds is 11. The van der Waals surface area contributed by atoms with Crippen LogP contribution in [0.4, 0.5) is 0 Å².